The summed E-state index contributed by atoms with van der Waals surface area (Å²) in [5.74, 6) is 1.62. The summed E-state index contributed by atoms with van der Waals surface area (Å²) in [5.41, 5.74) is 0.944. The third kappa shape index (κ3) is 4.50. The minimum Gasteiger partial charge on any atom is -0.497 e. The number of hydrogen-bond donors (Lipinski definition) is 0. The highest BCUT2D eigenvalue weighted by Gasteiger charge is 2.26. The first-order valence-corrected chi connectivity index (χ1v) is 8.33. The summed E-state index contributed by atoms with van der Waals surface area (Å²) >= 11 is 0. The Kier molecular flexibility index (Phi) is 5.68. The molecule has 1 aromatic heterocycles. The molecular formula is C19H21N3O4. The van der Waals surface area contributed by atoms with E-state index in [-0.39, 0.29) is 12.0 Å². The lowest BCUT2D eigenvalue weighted by molar-refractivity contribution is -0.125. The van der Waals surface area contributed by atoms with Gasteiger partial charge in [0.15, 0.2) is 0 Å². The van der Waals surface area contributed by atoms with Gasteiger partial charge in [-0.15, -0.1) is 10.2 Å². The molecule has 7 heteroatoms. The molecule has 1 atom stereocenters. The van der Waals surface area contributed by atoms with Crippen LogP contribution in [0.4, 0.5) is 0 Å². The molecule has 7 nitrogen and oxygen atoms in total. The van der Waals surface area contributed by atoms with Gasteiger partial charge in [-0.05, 0) is 23.8 Å². The van der Waals surface area contributed by atoms with Crippen molar-refractivity contribution in [2.75, 3.05) is 27.3 Å². The largest absolute Gasteiger partial charge is 0.497 e. The predicted molar refractivity (Wildman–Crippen MR) is 96.2 cm³/mol. The van der Waals surface area contributed by atoms with E-state index in [1.165, 1.54) is 7.11 Å². The Morgan fingerprint density at radius 3 is 2.46 bits per heavy atom. The van der Waals surface area contributed by atoms with Crippen LogP contribution in [0.5, 0.6) is 17.5 Å². The summed E-state index contributed by atoms with van der Waals surface area (Å²) in [5, 5.41) is 7.82. The quantitative estimate of drug-likeness (QED) is 0.740. The number of nitrogens with zero attached hydrogens (tertiary/aromatic N) is 3. The monoisotopic (exact) mass is 355 g/mol. The Hall–Kier alpha value is -3.09. The molecule has 2 heterocycles. The predicted octanol–water partition coefficient (Wildman–Crippen LogP) is 2.19. The third-order valence-electron chi connectivity index (χ3n) is 4.10. The van der Waals surface area contributed by atoms with Gasteiger partial charge in [-0.1, -0.05) is 12.1 Å². The van der Waals surface area contributed by atoms with Gasteiger partial charge in [0.25, 0.3) is 0 Å². The number of carbonyl (C=O) groups is 1. The summed E-state index contributed by atoms with van der Waals surface area (Å²) in [4.78, 5) is 14.1. The molecule has 2 aromatic rings. The van der Waals surface area contributed by atoms with Gasteiger partial charge in [0.1, 0.15) is 11.9 Å². The van der Waals surface area contributed by atoms with Gasteiger partial charge in [0.2, 0.25) is 17.7 Å². The molecule has 0 spiro atoms. The maximum Gasteiger partial charge on any atom is 0.246 e. The molecule has 26 heavy (non-hydrogen) atoms. The standard InChI is InChI=1S/C19H21N3O4/c1-24-15-6-3-14(4-7-15)5-10-19(23)22-12-11-16(13-22)26-18-9-8-17(25-2)20-21-18/h3-10,16H,11-13H2,1-2H3/b10-5+. The third-order valence-corrected chi connectivity index (χ3v) is 4.10. The number of hydrogen-bond acceptors (Lipinski definition) is 6. The maximum absolute atomic E-state index is 12.3. The topological polar surface area (TPSA) is 73.8 Å². The molecule has 1 unspecified atom stereocenters. The molecule has 1 aliphatic heterocycles. The zero-order chi connectivity index (χ0) is 18.4. The molecule has 0 N–H and O–H groups in total. The van der Waals surface area contributed by atoms with E-state index >= 15 is 0 Å². The van der Waals surface area contributed by atoms with E-state index in [1.807, 2.05) is 24.3 Å². The Morgan fingerprint density at radius 1 is 1.08 bits per heavy atom. The summed E-state index contributed by atoms with van der Waals surface area (Å²) < 4.78 is 15.9. The van der Waals surface area contributed by atoms with Crippen LogP contribution in [0.1, 0.15) is 12.0 Å². The molecule has 1 aliphatic rings. The van der Waals surface area contributed by atoms with Crippen LogP contribution in [0.3, 0.4) is 0 Å². The molecule has 1 saturated heterocycles. The molecular weight excluding hydrogens is 334 g/mol. The highest BCUT2D eigenvalue weighted by atomic mass is 16.5. The van der Waals surface area contributed by atoms with Crippen molar-refractivity contribution in [2.45, 2.75) is 12.5 Å². The van der Waals surface area contributed by atoms with Crippen LogP contribution in [0.25, 0.3) is 6.08 Å². The van der Waals surface area contributed by atoms with E-state index < -0.39 is 0 Å². The van der Waals surface area contributed by atoms with Gasteiger partial charge in [-0.2, -0.15) is 0 Å². The molecule has 136 valence electrons. The van der Waals surface area contributed by atoms with Crippen LogP contribution < -0.4 is 14.2 Å². The summed E-state index contributed by atoms with van der Waals surface area (Å²) in [6.45, 7) is 1.18. The zero-order valence-corrected chi connectivity index (χ0v) is 14.8. The summed E-state index contributed by atoms with van der Waals surface area (Å²) in [6.07, 6.45) is 4.05. The number of likely N-dealkylation sites (tertiary alicyclic amines) is 1. The SMILES string of the molecule is COc1ccc(/C=C/C(=O)N2CCC(Oc3ccc(OC)nn3)C2)cc1. The van der Waals surface area contributed by atoms with Crippen molar-refractivity contribution in [1.82, 2.24) is 15.1 Å². The normalized spacial score (nSPS) is 16.7. The van der Waals surface area contributed by atoms with Crippen molar-refractivity contribution in [2.24, 2.45) is 0 Å². The zero-order valence-electron chi connectivity index (χ0n) is 14.8. The van der Waals surface area contributed by atoms with Crippen LogP contribution in [-0.2, 0) is 4.79 Å². The fourth-order valence-corrected chi connectivity index (χ4v) is 2.66. The van der Waals surface area contributed by atoms with E-state index in [4.69, 9.17) is 14.2 Å². The maximum atomic E-state index is 12.3. The van der Waals surface area contributed by atoms with Crippen LogP contribution in [0.2, 0.25) is 0 Å². The minimum atomic E-state index is -0.0870. The molecule has 1 amide bonds. The van der Waals surface area contributed by atoms with E-state index in [1.54, 1.807) is 36.3 Å². The second kappa shape index (κ2) is 8.33. The second-order valence-corrected chi connectivity index (χ2v) is 5.83. The van der Waals surface area contributed by atoms with Crippen LogP contribution in [-0.4, -0.2) is 54.4 Å². The van der Waals surface area contributed by atoms with Crippen LogP contribution in [0.15, 0.2) is 42.5 Å². The number of aromatic nitrogens is 2. The lowest BCUT2D eigenvalue weighted by atomic mass is 10.2. The van der Waals surface area contributed by atoms with Gasteiger partial charge in [-0.3, -0.25) is 4.79 Å². The van der Waals surface area contributed by atoms with E-state index in [2.05, 4.69) is 10.2 Å². The molecule has 0 radical (unpaired) electrons. The Morgan fingerprint density at radius 2 is 1.81 bits per heavy atom. The van der Waals surface area contributed by atoms with Crippen molar-refractivity contribution < 1.29 is 19.0 Å². The van der Waals surface area contributed by atoms with E-state index in [9.17, 15) is 4.79 Å². The van der Waals surface area contributed by atoms with Gasteiger partial charge >= 0.3 is 0 Å². The number of rotatable bonds is 6. The number of ether oxygens (including phenoxy) is 3. The van der Waals surface area contributed by atoms with E-state index in [0.717, 1.165) is 17.7 Å². The lowest BCUT2D eigenvalue weighted by Crippen LogP contribution is -2.29. The van der Waals surface area contributed by atoms with Crippen molar-refractivity contribution in [1.29, 1.82) is 0 Å². The average molecular weight is 355 g/mol. The van der Waals surface area contributed by atoms with Crippen molar-refractivity contribution in [3.63, 3.8) is 0 Å². The lowest BCUT2D eigenvalue weighted by Gasteiger charge is -2.15. The number of benzene rings is 1. The highest BCUT2D eigenvalue weighted by molar-refractivity contribution is 5.92. The average Bonchev–Trinajstić information content (AvgIpc) is 3.15. The second-order valence-electron chi connectivity index (χ2n) is 5.83. The molecule has 0 bridgehead atoms. The van der Waals surface area contributed by atoms with Gasteiger partial charge < -0.3 is 19.1 Å². The smallest absolute Gasteiger partial charge is 0.246 e. The fraction of sp³-hybridized carbons (Fsp3) is 0.316. The van der Waals surface area contributed by atoms with Crippen LogP contribution in [0, 0.1) is 0 Å². The summed E-state index contributed by atoms with van der Waals surface area (Å²) in [7, 11) is 3.15. The van der Waals surface area contributed by atoms with Crippen molar-refractivity contribution in [3.8, 4) is 17.5 Å². The minimum absolute atomic E-state index is 0.0345. The molecule has 1 aromatic carbocycles. The summed E-state index contributed by atoms with van der Waals surface area (Å²) in [6, 6.07) is 10.9. The molecule has 1 fully saturated rings. The van der Waals surface area contributed by atoms with Gasteiger partial charge in [0.05, 0.1) is 20.8 Å². The Bertz CT molecular complexity index is 759. The first kappa shape index (κ1) is 17.7. The fourth-order valence-electron chi connectivity index (χ4n) is 2.66. The Balaban J connectivity index is 1.52. The number of amides is 1. The molecule has 0 saturated carbocycles. The first-order chi connectivity index (χ1) is 12.7. The van der Waals surface area contributed by atoms with Crippen molar-refractivity contribution >= 4 is 12.0 Å². The Labute approximate surface area is 152 Å². The van der Waals surface area contributed by atoms with Gasteiger partial charge in [-0.25, -0.2) is 0 Å². The van der Waals surface area contributed by atoms with Crippen molar-refractivity contribution in [3.05, 3.63) is 48.0 Å². The number of methoxy groups -OCH3 is 2. The van der Waals surface area contributed by atoms with Crippen LogP contribution >= 0.6 is 0 Å². The molecule has 3 rings (SSSR count). The highest BCUT2D eigenvalue weighted by Crippen LogP contribution is 2.18. The van der Waals surface area contributed by atoms with Gasteiger partial charge in [0, 0.05) is 31.2 Å². The number of carbonyl (C=O) groups excluding carboxylic acids is 1. The van der Waals surface area contributed by atoms with E-state index in [0.29, 0.717) is 24.8 Å². The first-order valence-electron chi connectivity index (χ1n) is 8.33. The molecule has 0 aliphatic carbocycles.